The molecule has 1 rings (SSSR count). The Kier molecular flexibility index (Phi) is 5.61. The third-order valence-corrected chi connectivity index (χ3v) is 2.96. The molecule has 0 radical (unpaired) electrons. The van der Waals surface area contributed by atoms with Crippen molar-refractivity contribution in [1.29, 1.82) is 0 Å². The minimum Gasteiger partial charge on any atom is -0.387 e. The van der Waals surface area contributed by atoms with Gasteiger partial charge in [0.1, 0.15) is 0 Å². The molecule has 0 aliphatic rings. The summed E-state index contributed by atoms with van der Waals surface area (Å²) in [5, 5.41) is 19.2. The Labute approximate surface area is 114 Å². The molecule has 0 saturated heterocycles. The van der Waals surface area contributed by atoms with Gasteiger partial charge in [-0.2, -0.15) is 13.2 Å². The Balaban J connectivity index is 2.58. The molecule has 19 heavy (non-hydrogen) atoms. The highest BCUT2D eigenvalue weighted by Crippen LogP contribution is 2.24. The van der Waals surface area contributed by atoms with Gasteiger partial charge in [0.25, 0.3) is 0 Å². The second-order valence-corrected chi connectivity index (χ2v) is 4.72. The molecule has 2 N–H and O–H groups in total. The molecule has 0 aliphatic carbocycles. The van der Waals surface area contributed by atoms with Crippen molar-refractivity contribution in [1.82, 2.24) is 4.90 Å². The summed E-state index contributed by atoms with van der Waals surface area (Å²) < 4.78 is 36.5. The molecule has 0 spiro atoms. The summed E-state index contributed by atoms with van der Waals surface area (Å²) in [6.07, 6.45) is -8.11. The van der Waals surface area contributed by atoms with Crippen molar-refractivity contribution in [3.63, 3.8) is 0 Å². The lowest BCUT2D eigenvalue weighted by molar-refractivity contribution is -0.207. The fraction of sp³-hybridized carbons (Fsp3) is 0.500. The number of hydrogen-bond donors (Lipinski definition) is 2. The minimum absolute atomic E-state index is 0.0587. The standard InChI is InChI=1S/C12H15ClF3NO2/c1-17(7-11(19)12(14,15)16)6-10(18)8-4-2-3-5-9(8)13/h2-5,10-11,18-19H,6-7H2,1H3. The average Bonchev–Trinajstić information content (AvgIpc) is 2.27. The van der Waals surface area contributed by atoms with Gasteiger partial charge in [0.15, 0.2) is 6.10 Å². The lowest BCUT2D eigenvalue weighted by Gasteiger charge is -2.24. The van der Waals surface area contributed by atoms with Crippen LogP contribution in [0.5, 0.6) is 0 Å². The maximum Gasteiger partial charge on any atom is 0.415 e. The first kappa shape index (κ1) is 16.2. The summed E-state index contributed by atoms with van der Waals surface area (Å²) in [4.78, 5) is 1.20. The van der Waals surface area contributed by atoms with Crippen molar-refractivity contribution in [2.24, 2.45) is 0 Å². The molecular weight excluding hydrogens is 283 g/mol. The molecule has 3 nitrogen and oxygen atoms in total. The molecule has 0 bridgehead atoms. The van der Waals surface area contributed by atoms with Crippen molar-refractivity contribution < 1.29 is 23.4 Å². The number of aliphatic hydroxyl groups is 2. The van der Waals surface area contributed by atoms with Crippen LogP contribution in [0.3, 0.4) is 0 Å². The third-order valence-electron chi connectivity index (χ3n) is 2.61. The van der Waals surface area contributed by atoms with Gasteiger partial charge in [-0.25, -0.2) is 0 Å². The summed E-state index contributed by atoms with van der Waals surface area (Å²) >= 11 is 5.87. The number of rotatable bonds is 5. The SMILES string of the molecule is CN(CC(O)c1ccccc1Cl)CC(O)C(F)(F)F. The number of likely N-dealkylation sites (N-methyl/N-ethyl adjacent to an activating group) is 1. The van der Waals surface area contributed by atoms with Gasteiger partial charge in [-0.3, -0.25) is 0 Å². The van der Waals surface area contributed by atoms with Gasteiger partial charge >= 0.3 is 6.18 Å². The van der Waals surface area contributed by atoms with Gasteiger partial charge in [0.2, 0.25) is 0 Å². The van der Waals surface area contributed by atoms with E-state index in [0.29, 0.717) is 10.6 Å². The summed E-state index contributed by atoms with van der Waals surface area (Å²) in [6, 6.07) is 6.55. The normalized spacial score (nSPS) is 15.6. The van der Waals surface area contributed by atoms with Gasteiger partial charge in [-0.05, 0) is 13.1 Å². The Morgan fingerprint density at radius 3 is 2.32 bits per heavy atom. The second kappa shape index (κ2) is 6.56. The number of benzene rings is 1. The number of hydrogen-bond acceptors (Lipinski definition) is 3. The highest BCUT2D eigenvalue weighted by atomic mass is 35.5. The van der Waals surface area contributed by atoms with E-state index >= 15 is 0 Å². The Morgan fingerprint density at radius 1 is 1.21 bits per heavy atom. The Hall–Kier alpha value is -0.820. The predicted octanol–water partition coefficient (Wildman–Crippen LogP) is 2.23. The molecule has 0 fully saturated rings. The smallest absolute Gasteiger partial charge is 0.387 e. The van der Waals surface area contributed by atoms with Gasteiger partial charge in [-0.15, -0.1) is 0 Å². The van der Waals surface area contributed by atoms with Crippen LogP contribution < -0.4 is 0 Å². The van der Waals surface area contributed by atoms with Crippen molar-refractivity contribution in [2.75, 3.05) is 20.1 Å². The molecule has 0 aliphatic heterocycles. The van der Waals surface area contributed by atoms with Crippen LogP contribution in [0.15, 0.2) is 24.3 Å². The first-order valence-electron chi connectivity index (χ1n) is 5.57. The topological polar surface area (TPSA) is 43.7 Å². The molecule has 0 amide bonds. The van der Waals surface area contributed by atoms with Gasteiger partial charge in [0, 0.05) is 23.7 Å². The highest BCUT2D eigenvalue weighted by Gasteiger charge is 2.38. The molecular formula is C12H15ClF3NO2. The van der Waals surface area contributed by atoms with E-state index in [4.69, 9.17) is 16.7 Å². The molecule has 1 aromatic carbocycles. The maximum absolute atomic E-state index is 12.2. The van der Waals surface area contributed by atoms with Crippen LogP contribution in [0, 0.1) is 0 Å². The van der Waals surface area contributed by atoms with E-state index in [9.17, 15) is 18.3 Å². The summed E-state index contributed by atoms with van der Waals surface area (Å²) in [6.45, 7) is -0.665. The zero-order chi connectivity index (χ0) is 14.6. The van der Waals surface area contributed by atoms with E-state index in [1.165, 1.54) is 11.9 Å². The van der Waals surface area contributed by atoms with Crippen molar-refractivity contribution in [2.45, 2.75) is 18.4 Å². The van der Waals surface area contributed by atoms with E-state index < -0.39 is 24.9 Å². The van der Waals surface area contributed by atoms with E-state index in [1.807, 2.05) is 0 Å². The molecule has 0 saturated carbocycles. The summed E-state index contributed by atoms with van der Waals surface area (Å²) in [5.74, 6) is 0. The molecule has 2 unspecified atom stereocenters. The summed E-state index contributed by atoms with van der Waals surface area (Å²) in [5.41, 5.74) is 0.442. The predicted molar refractivity (Wildman–Crippen MR) is 66.0 cm³/mol. The van der Waals surface area contributed by atoms with Crippen LogP contribution in [0.2, 0.25) is 5.02 Å². The first-order chi connectivity index (χ1) is 8.71. The monoisotopic (exact) mass is 297 g/mol. The van der Waals surface area contributed by atoms with Crippen molar-refractivity contribution in [3.05, 3.63) is 34.9 Å². The molecule has 7 heteroatoms. The second-order valence-electron chi connectivity index (χ2n) is 4.32. The summed E-state index contributed by atoms with van der Waals surface area (Å²) in [7, 11) is 1.38. The average molecular weight is 298 g/mol. The van der Waals surface area contributed by atoms with Crippen LogP contribution in [0.1, 0.15) is 11.7 Å². The van der Waals surface area contributed by atoms with Crippen LogP contribution in [-0.2, 0) is 0 Å². The minimum atomic E-state index is -4.66. The molecule has 1 aromatic rings. The third kappa shape index (κ3) is 4.99. The van der Waals surface area contributed by atoms with Crippen LogP contribution >= 0.6 is 11.6 Å². The maximum atomic E-state index is 12.2. The van der Waals surface area contributed by atoms with E-state index in [-0.39, 0.29) is 6.54 Å². The zero-order valence-electron chi connectivity index (χ0n) is 10.2. The van der Waals surface area contributed by atoms with Crippen LogP contribution in [0.4, 0.5) is 13.2 Å². The van der Waals surface area contributed by atoms with Crippen LogP contribution in [-0.4, -0.2) is 47.5 Å². The molecule has 108 valence electrons. The van der Waals surface area contributed by atoms with E-state index in [1.54, 1.807) is 24.3 Å². The first-order valence-corrected chi connectivity index (χ1v) is 5.95. The fourth-order valence-electron chi connectivity index (χ4n) is 1.61. The zero-order valence-corrected chi connectivity index (χ0v) is 11.0. The fourth-order valence-corrected chi connectivity index (χ4v) is 1.87. The van der Waals surface area contributed by atoms with E-state index in [2.05, 4.69) is 0 Å². The lowest BCUT2D eigenvalue weighted by Crippen LogP contribution is -2.40. The van der Waals surface area contributed by atoms with Crippen molar-refractivity contribution >= 4 is 11.6 Å². The lowest BCUT2D eigenvalue weighted by atomic mass is 10.1. The molecule has 0 aromatic heterocycles. The number of aliphatic hydroxyl groups excluding tert-OH is 2. The van der Waals surface area contributed by atoms with Crippen molar-refractivity contribution in [3.8, 4) is 0 Å². The van der Waals surface area contributed by atoms with E-state index in [0.717, 1.165) is 0 Å². The van der Waals surface area contributed by atoms with Gasteiger partial charge in [-0.1, -0.05) is 29.8 Å². The quantitative estimate of drug-likeness (QED) is 0.876. The number of alkyl halides is 3. The molecule has 0 heterocycles. The number of nitrogens with zero attached hydrogens (tertiary/aromatic N) is 1. The van der Waals surface area contributed by atoms with Gasteiger partial charge in [0.05, 0.1) is 6.10 Å². The molecule has 2 atom stereocenters. The van der Waals surface area contributed by atoms with Crippen LogP contribution in [0.25, 0.3) is 0 Å². The Morgan fingerprint density at radius 2 is 1.79 bits per heavy atom. The largest absolute Gasteiger partial charge is 0.415 e. The van der Waals surface area contributed by atoms with Gasteiger partial charge < -0.3 is 15.1 Å². The number of halogens is 4. The Bertz CT molecular complexity index is 414. The highest BCUT2D eigenvalue weighted by molar-refractivity contribution is 6.31.